The van der Waals surface area contributed by atoms with Crippen LogP contribution in [0, 0.1) is 11.8 Å². The number of nitrogens with one attached hydrogen (secondary N) is 1. The number of hydrogen-bond acceptors (Lipinski definition) is 2. The smallest absolute Gasteiger partial charge is 0.317 e. The number of unbranched alkanes of at least 4 members (excludes halogenated alkanes) is 1. The van der Waals surface area contributed by atoms with Crippen molar-refractivity contribution in [2.45, 2.75) is 25.7 Å². The van der Waals surface area contributed by atoms with Crippen molar-refractivity contribution < 1.29 is 9.53 Å². The summed E-state index contributed by atoms with van der Waals surface area (Å²) in [5.74, 6) is 1.38. The Labute approximate surface area is 109 Å². The molecule has 1 N–H and O–H groups in total. The zero-order valence-corrected chi connectivity index (χ0v) is 11.2. The number of carbonyl (C=O) groups excluding carboxylic acids is 1. The number of ether oxygens (including phenoxy) is 1. The highest BCUT2D eigenvalue weighted by molar-refractivity contribution is 5.74. The Morgan fingerprint density at radius 1 is 1.28 bits per heavy atom. The van der Waals surface area contributed by atoms with Crippen molar-refractivity contribution in [3.63, 3.8) is 0 Å². The summed E-state index contributed by atoms with van der Waals surface area (Å²) in [4.78, 5) is 14.0. The Bertz CT molecular complexity index is 288. The van der Waals surface area contributed by atoms with E-state index in [9.17, 15) is 4.79 Å². The van der Waals surface area contributed by atoms with Crippen LogP contribution in [0.1, 0.15) is 25.7 Å². The number of amides is 2. The third kappa shape index (κ3) is 3.48. The molecule has 0 unspecified atom stereocenters. The molecular weight excluding hydrogens is 228 g/mol. The minimum Gasteiger partial charge on any atom is -0.385 e. The van der Waals surface area contributed by atoms with Crippen LogP contribution in [-0.2, 0) is 4.74 Å². The Morgan fingerprint density at radius 3 is 2.56 bits per heavy atom. The molecule has 1 fully saturated rings. The summed E-state index contributed by atoms with van der Waals surface area (Å²) in [5.41, 5.74) is 0. The molecule has 0 radical (unpaired) electrons. The van der Waals surface area contributed by atoms with E-state index in [2.05, 4.69) is 17.5 Å². The van der Waals surface area contributed by atoms with E-state index >= 15 is 0 Å². The van der Waals surface area contributed by atoms with Crippen LogP contribution in [0.4, 0.5) is 4.79 Å². The van der Waals surface area contributed by atoms with E-state index in [1.54, 1.807) is 7.11 Å². The molecule has 0 saturated carbocycles. The van der Waals surface area contributed by atoms with Crippen molar-refractivity contribution in [1.82, 2.24) is 10.2 Å². The second-order valence-corrected chi connectivity index (χ2v) is 5.30. The molecule has 0 aromatic rings. The van der Waals surface area contributed by atoms with Crippen molar-refractivity contribution in [3.8, 4) is 0 Å². The summed E-state index contributed by atoms with van der Waals surface area (Å²) < 4.78 is 4.98. The van der Waals surface area contributed by atoms with Crippen LogP contribution < -0.4 is 5.32 Å². The van der Waals surface area contributed by atoms with Gasteiger partial charge in [-0.2, -0.15) is 0 Å². The highest BCUT2D eigenvalue weighted by Gasteiger charge is 2.34. The molecule has 0 aromatic heterocycles. The van der Waals surface area contributed by atoms with Gasteiger partial charge < -0.3 is 15.0 Å². The lowest BCUT2D eigenvalue weighted by atomic mass is 9.86. The molecule has 0 aromatic carbocycles. The van der Waals surface area contributed by atoms with Gasteiger partial charge in [0.25, 0.3) is 0 Å². The summed E-state index contributed by atoms with van der Waals surface area (Å²) in [6.45, 7) is 3.39. The molecule has 1 saturated heterocycles. The van der Waals surface area contributed by atoms with Gasteiger partial charge in [0.1, 0.15) is 0 Å². The molecule has 1 aliphatic heterocycles. The first-order valence-electron chi connectivity index (χ1n) is 6.98. The third-order valence-corrected chi connectivity index (χ3v) is 3.96. The lowest BCUT2D eigenvalue weighted by Gasteiger charge is -2.17. The average Bonchev–Trinajstić information content (AvgIpc) is 2.82. The number of hydrogen-bond donors (Lipinski definition) is 1. The Morgan fingerprint density at radius 2 is 1.94 bits per heavy atom. The Hall–Kier alpha value is -1.03. The molecule has 4 heteroatoms. The van der Waals surface area contributed by atoms with Crippen LogP contribution in [-0.4, -0.2) is 44.3 Å². The Balaban J connectivity index is 1.65. The lowest BCUT2D eigenvalue weighted by Crippen LogP contribution is -2.39. The Kier molecular flexibility index (Phi) is 5.05. The van der Waals surface area contributed by atoms with Gasteiger partial charge in [0.2, 0.25) is 0 Å². The van der Waals surface area contributed by atoms with Crippen molar-refractivity contribution >= 4 is 6.03 Å². The maximum absolute atomic E-state index is 12.0. The van der Waals surface area contributed by atoms with Crippen molar-refractivity contribution in [3.05, 3.63) is 12.2 Å². The minimum absolute atomic E-state index is 0.113. The highest BCUT2D eigenvalue weighted by atomic mass is 16.5. The van der Waals surface area contributed by atoms with Gasteiger partial charge in [0.05, 0.1) is 0 Å². The first kappa shape index (κ1) is 13.4. The second kappa shape index (κ2) is 6.78. The van der Waals surface area contributed by atoms with Gasteiger partial charge in [-0.1, -0.05) is 12.2 Å². The zero-order valence-electron chi connectivity index (χ0n) is 11.2. The van der Waals surface area contributed by atoms with Gasteiger partial charge in [-0.3, -0.25) is 0 Å². The van der Waals surface area contributed by atoms with Crippen molar-refractivity contribution in [1.29, 1.82) is 0 Å². The number of urea groups is 1. The predicted molar refractivity (Wildman–Crippen MR) is 71.4 cm³/mol. The molecule has 2 amide bonds. The van der Waals surface area contributed by atoms with E-state index in [4.69, 9.17) is 4.74 Å². The molecule has 1 heterocycles. The molecular formula is C14H24N2O2. The number of carbonyl (C=O) groups is 1. The predicted octanol–water partition coefficient (Wildman–Crippen LogP) is 2.02. The van der Waals surface area contributed by atoms with E-state index in [1.807, 2.05) is 4.90 Å². The van der Waals surface area contributed by atoms with Crippen molar-refractivity contribution in [2.24, 2.45) is 11.8 Å². The van der Waals surface area contributed by atoms with Gasteiger partial charge >= 0.3 is 6.03 Å². The number of fused-ring (bicyclic) bond motifs is 1. The summed E-state index contributed by atoms with van der Waals surface area (Å²) in [7, 11) is 1.71. The van der Waals surface area contributed by atoms with Gasteiger partial charge in [-0.25, -0.2) is 4.79 Å². The first-order valence-corrected chi connectivity index (χ1v) is 6.98. The molecule has 2 atom stereocenters. The van der Waals surface area contributed by atoms with Gasteiger partial charge in [0, 0.05) is 33.4 Å². The van der Waals surface area contributed by atoms with Crippen LogP contribution in [0.25, 0.3) is 0 Å². The second-order valence-electron chi connectivity index (χ2n) is 5.30. The molecule has 0 spiro atoms. The van der Waals surface area contributed by atoms with Crippen LogP contribution in [0.3, 0.4) is 0 Å². The number of nitrogens with zero attached hydrogens (tertiary/aromatic N) is 1. The number of rotatable bonds is 5. The van der Waals surface area contributed by atoms with Crippen LogP contribution in [0.5, 0.6) is 0 Å². The number of allylic oxidation sites excluding steroid dienone is 2. The summed E-state index contributed by atoms with van der Waals surface area (Å²) in [5, 5.41) is 3.00. The summed E-state index contributed by atoms with van der Waals surface area (Å²) in [6, 6.07) is 0.113. The maximum atomic E-state index is 12.0. The van der Waals surface area contributed by atoms with E-state index in [1.165, 1.54) is 0 Å². The monoisotopic (exact) mass is 252 g/mol. The molecule has 4 nitrogen and oxygen atoms in total. The molecule has 0 bridgehead atoms. The topological polar surface area (TPSA) is 41.6 Å². The normalized spacial score (nSPS) is 26.2. The van der Waals surface area contributed by atoms with E-state index < -0.39 is 0 Å². The van der Waals surface area contributed by atoms with Gasteiger partial charge in [-0.15, -0.1) is 0 Å². The quantitative estimate of drug-likeness (QED) is 0.601. The minimum atomic E-state index is 0.113. The first-order chi connectivity index (χ1) is 8.81. The van der Waals surface area contributed by atoms with Crippen LogP contribution >= 0.6 is 0 Å². The molecule has 2 rings (SSSR count). The van der Waals surface area contributed by atoms with E-state index in [0.717, 1.165) is 51.9 Å². The van der Waals surface area contributed by atoms with Gasteiger partial charge in [0.15, 0.2) is 0 Å². The highest BCUT2D eigenvalue weighted by Crippen LogP contribution is 2.32. The van der Waals surface area contributed by atoms with E-state index in [-0.39, 0.29) is 6.03 Å². The zero-order chi connectivity index (χ0) is 12.8. The summed E-state index contributed by atoms with van der Waals surface area (Å²) in [6.07, 6.45) is 8.79. The standard InChI is InChI=1S/C14H24N2O2/c1-18-9-5-4-8-15-14(17)16-10-12-6-2-3-7-13(12)11-16/h2-3,12-13H,4-11H2,1H3,(H,15,17)/t12-,13-/m1/s1. The summed E-state index contributed by atoms with van der Waals surface area (Å²) >= 11 is 0. The van der Waals surface area contributed by atoms with Gasteiger partial charge in [-0.05, 0) is 37.5 Å². The number of methoxy groups -OCH3 is 1. The lowest BCUT2D eigenvalue weighted by molar-refractivity contribution is 0.190. The van der Waals surface area contributed by atoms with Crippen molar-refractivity contribution in [2.75, 3.05) is 33.4 Å². The molecule has 2 aliphatic rings. The SMILES string of the molecule is COCCCCNC(=O)N1C[C@H]2CC=CC[C@@H]2C1. The maximum Gasteiger partial charge on any atom is 0.317 e. The fourth-order valence-electron chi connectivity index (χ4n) is 2.86. The fraction of sp³-hybridized carbons (Fsp3) is 0.786. The largest absolute Gasteiger partial charge is 0.385 e. The third-order valence-electron chi connectivity index (χ3n) is 3.96. The molecule has 1 aliphatic carbocycles. The molecule has 18 heavy (non-hydrogen) atoms. The van der Waals surface area contributed by atoms with Crippen LogP contribution in [0.15, 0.2) is 12.2 Å². The number of likely N-dealkylation sites (tertiary alicyclic amines) is 1. The van der Waals surface area contributed by atoms with E-state index in [0.29, 0.717) is 11.8 Å². The molecule has 102 valence electrons. The average molecular weight is 252 g/mol. The van der Waals surface area contributed by atoms with Crippen LogP contribution in [0.2, 0.25) is 0 Å². The fourth-order valence-corrected chi connectivity index (χ4v) is 2.86.